The Morgan fingerprint density at radius 2 is 1.95 bits per heavy atom. The molecule has 3 heteroatoms. The van der Waals surface area contributed by atoms with E-state index >= 15 is 0 Å². The fourth-order valence-corrected chi connectivity index (χ4v) is 2.61. The van der Waals surface area contributed by atoms with Gasteiger partial charge in [0.05, 0.1) is 4.47 Å². The van der Waals surface area contributed by atoms with Crippen LogP contribution in [-0.2, 0) is 13.0 Å². The third-order valence-electron chi connectivity index (χ3n) is 3.43. The van der Waals surface area contributed by atoms with Crippen LogP contribution in [0, 0.1) is 12.7 Å². The highest BCUT2D eigenvalue weighted by Crippen LogP contribution is 2.17. The Bertz CT molecular complexity index is 583. The summed E-state index contributed by atoms with van der Waals surface area (Å²) < 4.78 is 13.7. The van der Waals surface area contributed by atoms with Crippen LogP contribution in [0.1, 0.15) is 23.6 Å². The van der Waals surface area contributed by atoms with Gasteiger partial charge in [-0.25, -0.2) is 4.39 Å². The van der Waals surface area contributed by atoms with E-state index in [-0.39, 0.29) is 5.82 Å². The Hall–Kier alpha value is -1.19. The van der Waals surface area contributed by atoms with Crippen molar-refractivity contribution in [2.75, 3.05) is 0 Å². The average molecular weight is 336 g/mol. The van der Waals surface area contributed by atoms with Gasteiger partial charge in [0.15, 0.2) is 0 Å². The highest BCUT2D eigenvalue weighted by molar-refractivity contribution is 9.10. The van der Waals surface area contributed by atoms with Gasteiger partial charge in [0.2, 0.25) is 0 Å². The minimum absolute atomic E-state index is 0.221. The maximum absolute atomic E-state index is 13.2. The second-order valence-corrected chi connectivity index (χ2v) is 6.02. The van der Waals surface area contributed by atoms with Crippen LogP contribution >= 0.6 is 15.9 Å². The molecule has 1 nitrogen and oxygen atoms in total. The molecule has 0 aliphatic carbocycles. The molecule has 0 radical (unpaired) electrons. The molecule has 0 amide bonds. The normalized spacial score (nSPS) is 12.4. The van der Waals surface area contributed by atoms with Gasteiger partial charge in [0.25, 0.3) is 0 Å². The summed E-state index contributed by atoms with van der Waals surface area (Å²) in [6.45, 7) is 5.05. The summed E-state index contributed by atoms with van der Waals surface area (Å²) >= 11 is 3.21. The van der Waals surface area contributed by atoms with Gasteiger partial charge in [-0.3, -0.25) is 0 Å². The van der Waals surface area contributed by atoms with Gasteiger partial charge in [0, 0.05) is 12.6 Å². The molecule has 0 aliphatic rings. The summed E-state index contributed by atoms with van der Waals surface area (Å²) in [6.07, 6.45) is 0.995. The van der Waals surface area contributed by atoms with Crippen molar-refractivity contribution in [1.29, 1.82) is 0 Å². The van der Waals surface area contributed by atoms with E-state index in [1.165, 1.54) is 17.2 Å². The first-order valence-corrected chi connectivity index (χ1v) is 7.57. The van der Waals surface area contributed by atoms with E-state index in [1.54, 1.807) is 0 Å². The summed E-state index contributed by atoms with van der Waals surface area (Å²) in [5, 5.41) is 3.48. The fourth-order valence-electron chi connectivity index (χ4n) is 2.18. The number of benzene rings is 2. The lowest BCUT2D eigenvalue weighted by molar-refractivity contribution is 0.543. The van der Waals surface area contributed by atoms with Gasteiger partial charge < -0.3 is 5.32 Å². The maximum Gasteiger partial charge on any atom is 0.137 e. The van der Waals surface area contributed by atoms with Crippen LogP contribution in [-0.4, -0.2) is 6.04 Å². The third-order valence-corrected chi connectivity index (χ3v) is 4.03. The fraction of sp³-hybridized carbons (Fsp3) is 0.294. The molecular weight excluding hydrogens is 317 g/mol. The Kier molecular flexibility index (Phi) is 5.32. The van der Waals surface area contributed by atoms with Gasteiger partial charge in [-0.1, -0.05) is 30.3 Å². The summed E-state index contributed by atoms with van der Waals surface area (Å²) in [4.78, 5) is 0. The number of halogens is 2. The van der Waals surface area contributed by atoms with Crippen LogP contribution in [0.15, 0.2) is 46.9 Å². The first kappa shape index (κ1) is 15.2. The topological polar surface area (TPSA) is 12.0 Å². The standard InChI is InChI=1S/C17H19BrFN/c1-12-5-3-4-6-15(12)9-13(2)20-11-14-7-8-17(19)16(18)10-14/h3-8,10,13,20H,9,11H2,1-2H3. The lowest BCUT2D eigenvalue weighted by atomic mass is 10.0. The summed E-state index contributed by atoms with van der Waals surface area (Å²) in [6, 6.07) is 13.9. The Morgan fingerprint density at radius 1 is 1.20 bits per heavy atom. The molecule has 20 heavy (non-hydrogen) atoms. The predicted octanol–water partition coefficient (Wildman–Crippen LogP) is 4.62. The number of aryl methyl sites for hydroxylation is 1. The molecule has 1 atom stereocenters. The van der Waals surface area contributed by atoms with E-state index in [0.717, 1.165) is 18.5 Å². The molecule has 0 saturated carbocycles. The SMILES string of the molecule is Cc1ccccc1CC(C)NCc1ccc(F)c(Br)c1. The molecule has 0 bridgehead atoms. The zero-order chi connectivity index (χ0) is 14.5. The molecule has 2 rings (SSSR count). The minimum Gasteiger partial charge on any atom is -0.310 e. The number of hydrogen-bond donors (Lipinski definition) is 1. The second-order valence-electron chi connectivity index (χ2n) is 5.16. The maximum atomic E-state index is 13.2. The smallest absolute Gasteiger partial charge is 0.137 e. The van der Waals surface area contributed by atoms with Crippen molar-refractivity contribution >= 4 is 15.9 Å². The Balaban J connectivity index is 1.90. The van der Waals surface area contributed by atoms with E-state index in [9.17, 15) is 4.39 Å². The van der Waals surface area contributed by atoms with Crippen LogP contribution in [0.4, 0.5) is 4.39 Å². The lowest BCUT2D eigenvalue weighted by Crippen LogP contribution is -2.27. The van der Waals surface area contributed by atoms with E-state index in [1.807, 2.05) is 12.1 Å². The number of nitrogens with one attached hydrogen (secondary N) is 1. The highest BCUT2D eigenvalue weighted by atomic mass is 79.9. The number of hydrogen-bond acceptors (Lipinski definition) is 1. The molecule has 0 aromatic heterocycles. The summed E-state index contributed by atoms with van der Waals surface area (Å²) in [5.74, 6) is -0.221. The van der Waals surface area contributed by atoms with Crippen molar-refractivity contribution in [1.82, 2.24) is 5.32 Å². The molecule has 0 heterocycles. The van der Waals surface area contributed by atoms with Crippen molar-refractivity contribution < 1.29 is 4.39 Å². The van der Waals surface area contributed by atoms with E-state index in [2.05, 4.69) is 59.4 Å². The lowest BCUT2D eigenvalue weighted by Gasteiger charge is -2.15. The third kappa shape index (κ3) is 4.15. The molecule has 0 saturated heterocycles. The first-order valence-electron chi connectivity index (χ1n) is 6.78. The van der Waals surface area contributed by atoms with E-state index in [0.29, 0.717) is 10.5 Å². The van der Waals surface area contributed by atoms with Crippen molar-refractivity contribution in [2.24, 2.45) is 0 Å². The quantitative estimate of drug-likeness (QED) is 0.840. The second kappa shape index (κ2) is 7.00. The monoisotopic (exact) mass is 335 g/mol. The molecule has 0 fully saturated rings. The van der Waals surface area contributed by atoms with Crippen molar-refractivity contribution in [2.45, 2.75) is 32.9 Å². The van der Waals surface area contributed by atoms with Gasteiger partial charge in [-0.05, 0) is 65.0 Å². The van der Waals surface area contributed by atoms with Crippen LogP contribution in [0.2, 0.25) is 0 Å². The predicted molar refractivity (Wildman–Crippen MR) is 85.3 cm³/mol. The van der Waals surface area contributed by atoms with Crippen LogP contribution in [0.3, 0.4) is 0 Å². The highest BCUT2D eigenvalue weighted by Gasteiger charge is 2.06. The molecule has 0 spiro atoms. The largest absolute Gasteiger partial charge is 0.310 e. The van der Waals surface area contributed by atoms with Crippen molar-refractivity contribution in [3.63, 3.8) is 0 Å². The van der Waals surface area contributed by atoms with E-state index in [4.69, 9.17) is 0 Å². The van der Waals surface area contributed by atoms with Crippen molar-refractivity contribution in [3.8, 4) is 0 Å². The average Bonchev–Trinajstić information content (AvgIpc) is 2.43. The molecule has 2 aromatic carbocycles. The van der Waals surface area contributed by atoms with Crippen LogP contribution in [0.25, 0.3) is 0 Å². The molecule has 106 valence electrons. The first-order chi connectivity index (χ1) is 9.56. The molecule has 2 aromatic rings. The van der Waals surface area contributed by atoms with Crippen LogP contribution < -0.4 is 5.32 Å². The summed E-state index contributed by atoms with van der Waals surface area (Å²) in [7, 11) is 0. The molecule has 1 unspecified atom stereocenters. The number of rotatable bonds is 5. The zero-order valence-corrected chi connectivity index (χ0v) is 13.4. The molecule has 0 aliphatic heterocycles. The van der Waals surface area contributed by atoms with Gasteiger partial charge >= 0.3 is 0 Å². The molecular formula is C17H19BrFN. The summed E-state index contributed by atoms with van der Waals surface area (Å²) in [5.41, 5.74) is 3.77. The van der Waals surface area contributed by atoms with Gasteiger partial charge in [-0.2, -0.15) is 0 Å². The van der Waals surface area contributed by atoms with Crippen LogP contribution in [0.5, 0.6) is 0 Å². The Morgan fingerprint density at radius 3 is 2.65 bits per heavy atom. The van der Waals surface area contributed by atoms with E-state index < -0.39 is 0 Å². The molecule has 1 N–H and O–H groups in total. The van der Waals surface area contributed by atoms with Gasteiger partial charge in [-0.15, -0.1) is 0 Å². The Labute approximate surface area is 128 Å². The zero-order valence-electron chi connectivity index (χ0n) is 11.8. The minimum atomic E-state index is -0.221. The van der Waals surface area contributed by atoms with Crippen molar-refractivity contribution in [3.05, 3.63) is 69.4 Å². The van der Waals surface area contributed by atoms with Gasteiger partial charge in [0.1, 0.15) is 5.82 Å².